The molecule has 0 fully saturated rings. The number of aromatic amines is 1. The number of aryl methyl sites for hydroxylation is 3. The summed E-state index contributed by atoms with van der Waals surface area (Å²) in [4.78, 5) is 3.64. The molecular weight excluding hydrogens is 304 g/mol. The van der Waals surface area contributed by atoms with Crippen molar-refractivity contribution in [3.8, 4) is 11.3 Å². The van der Waals surface area contributed by atoms with E-state index < -0.39 is 0 Å². The lowest BCUT2D eigenvalue weighted by molar-refractivity contribution is 0.748. The Balaban J connectivity index is 2.19. The molecule has 0 bridgehead atoms. The maximum absolute atomic E-state index is 6.20. The molecule has 0 atom stereocenters. The lowest BCUT2D eigenvalue weighted by Gasteiger charge is -2.06. The van der Waals surface area contributed by atoms with Gasteiger partial charge in [0.15, 0.2) is 0 Å². The van der Waals surface area contributed by atoms with Crippen molar-refractivity contribution < 1.29 is 0 Å². The molecule has 1 aromatic heterocycles. The summed E-state index contributed by atoms with van der Waals surface area (Å²) in [6, 6.07) is 12.6. The van der Waals surface area contributed by atoms with Gasteiger partial charge < -0.3 is 10.7 Å². The Morgan fingerprint density at radius 1 is 1.09 bits per heavy atom. The number of benzene rings is 2. The van der Waals surface area contributed by atoms with E-state index in [-0.39, 0.29) is 0 Å². The van der Waals surface area contributed by atoms with Crippen molar-refractivity contribution in [3.05, 3.63) is 58.1 Å². The van der Waals surface area contributed by atoms with Crippen LogP contribution in [-0.4, -0.2) is 11.5 Å². The van der Waals surface area contributed by atoms with Gasteiger partial charge in [-0.2, -0.15) is 0 Å². The quantitative estimate of drug-likeness (QED) is 0.607. The van der Waals surface area contributed by atoms with Crippen LogP contribution >= 0.6 is 11.6 Å². The number of unbranched alkanes of at least 4 members (excludes halogenated alkanes) is 1. The predicted octanol–water partition coefficient (Wildman–Crippen LogP) is 5.39. The van der Waals surface area contributed by atoms with E-state index in [0.717, 1.165) is 36.4 Å². The van der Waals surface area contributed by atoms with Gasteiger partial charge in [0.05, 0.1) is 0 Å². The van der Waals surface area contributed by atoms with Gasteiger partial charge in [0, 0.05) is 21.6 Å². The number of nitrogens with one attached hydrogen (secondary N) is 1. The molecule has 0 aliphatic heterocycles. The van der Waals surface area contributed by atoms with E-state index in [2.05, 4.69) is 37.0 Å². The Hall–Kier alpha value is -1.77. The first-order valence-electron chi connectivity index (χ1n) is 8.18. The molecule has 0 aliphatic rings. The summed E-state index contributed by atoms with van der Waals surface area (Å²) in [6.45, 7) is 5.06. The third-order valence-corrected chi connectivity index (χ3v) is 4.59. The van der Waals surface area contributed by atoms with Crippen LogP contribution in [0, 0.1) is 13.8 Å². The zero-order valence-corrected chi connectivity index (χ0v) is 14.5. The monoisotopic (exact) mass is 326 g/mol. The van der Waals surface area contributed by atoms with Gasteiger partial charge in [-0.1, -0.05) is 35.4 Å². The fraction of sp³-hybridized carbons (Fsp3) is 0.300. The normalized spacial score (nSPS) is 11.3. The van der Waals surface area contributed by atoms with Crippen LogP contribution in [0.1, 0.15) is 29.5 Å². The van der Waals surface area contributed by atoms with E-state index in [4.69, 9.17) is 17.3 Å². The van der Waals surface area contributed by atoms with Crippen molar-refractivity contribution in [3.63, 3.8) is 0 Å². The Morgan fingerprint density at radius 3 is 2.65 bits per heavy atom. The first-order chi connectivity index (χ1) is 11.1. The highest BCUT2D eigenvalue weighted by Gasteiger charge is 2.15. The van der Waals surface area contributed by atoms with Crippen LogP contribution in [0.5, 0.6) is 0 Å². The predicted molar refractivity (Wildman–Crippen MR) is 100 cm³/mol. The first-order valence-corrected chi connectivity index (χ1v) is 8.55. The minimum absolute atomic E-state index is 0.743. The number of fused-ring (bicyclic) bond motifs is 1. The van der Waals surface area contributed by atoms with Crippen LogP contribution in [-0.2, 0) is 6.42 Å². The Labute approximate surface area is 142 Å². The maximum atomic E-state index is 6.20. The van der Waals surface area contributed by atoms with Crippen LogP contribution in [0.4, 0.5) is 0 Å². The second-order valence-corrected chi connectivity index (χ2v) is 6.68. The zero-order valence-electron chi connectivity index (χ0n) is 13.7. The van der Waals surface area contributed by atoms with Gasteiger partial charge in [0.1, 0.15) is 0 Å². The summed E-state index contributed by atoms with van der Waals surface area (Å²) in [6.07, 6.45) is 3.18. The minimum atomic E-state index is 0.743. The molecule has 2 nitrogen and oxygen atoms in total. The standard InChI is InChI=1S/C20H23ClN2/c1-13-10-14(2)19-18(11-13)17(8-3-4-9-22)20(23-19)15-6-5-7-16(21)12-15/h5-7,10-12,23H,3-4,8-9,22H2,1-2H3. The number of aromatic nitrogens is 1. The van der Waals surface area contributed by atoms with Crippen LogP contribution < -0.4 is 5.73 Å². The lowest BCUT2D eigenvalue weighted by atomic mass is 9.98. The molecule has 0 amide bonds. The van der Waals surface area contributed by atoms with Crippen molar-refractivity contribution in [1.82, 2.24) is 4.98 Å². The highest BCUT2D eigenvalue weighted by Crippen LogP contribution is 2.34. The Morgan fingerprint density at radius 2 is 1.91 bits per heavy atom. The second kappa shape index (κ2) is 6.77. The van der Waals surface area contributed by atoms with Gasteiger partial charge in [-0.15, -0.1) is 0 Å². The third kappa shape index (κ3) is 3.29. The topological polar surface area (TPSA) is 41.8 Å². The summed E-state index contributed by atoms with van der Waals surface area (Å²) in [5, 5.41) is 2.09. The molecule has 0 spiro atoms. The largest absolute Gasteiger partial charge is 0.354 e. The zero-order chi connectivity index (χ0) is 16.4. The Kier molecular flexibility index (Phi) is 4.74. The maximum Gasteiger partial charge on any atom is 0.0497 e. The molecule has 0 radical (unpaired) electrons. The molecule has 120 valence electrons. The average Bonchev–Trinajstić information content (AvgIpc) is 2.87. The van der Waals surface area contributed by atoms with Gasteiger partial charge in [-0.25, -0.2) is 0 Å². The summed E-state index contributed by atoms with van der Waals surface area (Å²) < 4.78 is 0. The SMILES string of the molecule is Cc1cc(C)c2[nH]c(-c3cccc(Cl)c3)c(CCCCN)c2c1. The summed E-state index contributed by atoms with van der Waals surface area (Å²) >= 11 is 6.20. The van der Waals surface area contributed by atoms with Crippen LogP contribution in [0.2, 0.25) is 5.02 Å². The van der Waals surface area contributed by atoms with Crippen LogP contribution in [0.15, 0.2) is 36.4 Å². The van der Waals surface area contributed by atoms with E-state index in [0.29, 0.717) is 0 Å². The minimum Gasteiger partial charge on any atom is -0.354 e. The molecule has 1 heterocycles. The molecular formula is C20H23ClN2. The van der Waals surface area contributed by atoms with Crippen molar-refractivity contribution in [2.24, 2.45) is 5.73 Å². The lowest BCUT2D eigenvalue weighted by Crippen LogP contribution is -1.99. The molecule has 23 heavy (non-hydrogen) atoms. The number of rotatable bonds is 5. The van der Waals surface area contributed by atoms with Crippen LogP contribution in [0.25, 0.3) is 22.2 Å². The summed E-state index contributed by atoms with van der Waals surface area (Å²) in [7, 11) is 0. The number of nitrogens with two attached hydrogens (primary N) is 1. The fourth-order valence-electron chi connectivity index (χ4n) is 3.30. The van der Waals surface area contributed by atoms with E-state index in [1.807, 2.05) is 18.2 Å². The van der Waals surface area contributed by atoms with Crippen molar-refractivity contribution in [2.45, 2.75) is 33.1 Å². The highest BCUT2D eigenvalue weighted by atomic mass is 35.5. The summed E-state index contributed by atoms with van der Waals surface area (Å²) in [5.41, 5.74) is 13.2. The molecule has 0 aliphatic carbocycles. The smallest absolute Gasteiger partial charge is 0.0497 e. The molecule has 2 aromatic carbocycles. The average molecular weight is 327 g/mol. The van der Waals surface area contributed by atoms with Crippen LogP contribution in [0.3, 0.4) is 0 Å². The van der Waals surface area contributed by atoms with E-state index in [9.17, 15) is 0 Å². The van der Waals surface area contributed by atoms with Gasteiger partial charge in [-0.3, -0.25) is 0 Å². The van der Waals surface area contributed by atoms with E-state index in [1.165, 1.54) is 33.3 Å². The first kappa shape index (κ1) is 16.1. The van der Waals surface area contributed by atoms with E-state index >= 15 is 0 Å². The molecule has 3 N–H and O–H groups in total. The summed E-state index contributed by atoms with van der Waals surface area (Å²) in [5.74, 6) is 0. The molecule has 0 unspecified atom stereocenters. The second-order valence-electron chi connectivity index (χ2n) is 6.24. The third-order valence-electron chi connectivity index (χ3n) is 4.35. The highest BCUT2D eigenvalue weighted by molar-refractivity contribution is 6.30. The van der Waals surface area contributed by atoms with Gasteiger partial charge in [0.2, 0.25) is 0 Å². The van der Waals surface area contributed by atoms with Gasteiger partial charge >= 0.3 is 0 Å². The number of H-pyrrole nitrogens is 1. The molecule has 3 heteroatoms. The fourth-order valence-corrected chi connectivity index (χ4v) is 3.49. The van der Waals surface area contributed by atoms with Crippen molar-refractivity contribution in [1.29, 1.82) is 0 Å². The van der Waals surface area contributed by atoms with E-state index in [1.54, 1.807) is 0 Å². The molecule has 3 aromatic rings. The number of hydrogen-bond acceptors (Lipinski definition) is 1. The molecule has 0 saturated heterocycles. The Bertz CT molecular complexity index is 833. The molecule has 3 rings (SSSR count). The molecule has 0 saturated carbocycles. The van der Waals surface area contributed by atoms with Crippen molar-refractivity contribution in [2.75, 3.05) is 6.54 Å². The number of halogens is 1. The number of hydrogen-bond donors (Lipinski definition) is 2. The van der Waals surface area contributed by atoms with Gasteiger partial charge in [0.25, 0.3) is 0 Å². The van der Waals surface area contributed by atoms with Crippen molar-refractivity contribution >= 4 is 22.5 Å². The van der Waals surface area contributed by atoms with Gasteiger partial charge in [-0.05, 0) is 74.5 Å².